The maximum absolute atomic E-state index is 4.68. The van der Waals surface area contributed by atoms with Crippen molar-refractivity contribution in [3.63, 3.8) is 0 Å². The predicted octanol–water partition coefficient (Wildman–Crippen LogP) is 3.21. The van der Waals surface area contributed by atoms with Gasteiger partial charge in [0, 0.05) is 30.9 Å². The normalized spacial score (nSPS) is 20.8. The van der Waals surface area contributed by atoms with Gasteiger partial charge in [-0.1, -0.05) is 30.3 Å². The summed E-state index contributed by atoms with van der Waals surface area (Å²) >= 11 is 0. The van der Waals surface area contributed by atoms with Gasteiger partial charge in [0.25, 0.3) is 0 Å². The second-order valence-electron chi connectivity index (χ2n) is 6.96. The molecule has 2 aromatic heterocycles. The lowest BCUT2D eigenvalue weighted by atomic mass is 10.0. The molecule has 1 saturated carbocycles. The number of fused-ring (bicyclic) bond motifs is 1. The van der Waals surface area contributed by atoms with E-state index in [0.29, 0.717) is 12.0 Å². The Bertz CT molecular complexity index is 853. The van der Waals surface area contributed by atoms with Gasteiger partial charge in [-0.15, -0.1) is 10.2 Å². The van der Waals surface area contributed by atoms with Crippen LogP contribution >= 0.6 is 0 Å². The van der Waals surface area contributed by atoms with Gasteiger partial charge in [0.2, 0.25) is 5.65 Å². The van der Waals surface area contributed by atoms with Crippen molar-refractivity contribution in [1.82, 2.24) is 19.6 Å². The minimum atomic E-state index is 0.493. The smallest absolute Gasteiger partial charge is 0.203 e. The molecule has 5 heteroatoms. The molecule has 0 N–H and O–H groups in total. The summed E-state index contributed by atoms with van der Waals surface area (Å²) in [6.45, 7) is 1.05. The van der Waals surface area contributed by atoms with E-state index in [2.05, 4.69) is 54.8 Å². The molecule has 1 saturated heterocycles. The molecule has 24 heavy (non-hydrogen) atoms. The van der Waals surface area contributed by atoms with Crippen LogP contribution in [0, 0.1) is 0 Å². The number of hydrogen-bond donors (Lipinski definition) is 0. The van der Waals surface area contributed by atoms with Crippen LogP contribution in [-0.2, 0) is 6.42 Å². The predicted molar refractivity (Wildman–Crippen MR) is 93.3 cm³/mol. The molecule has 2 fully saturated rings. The lowest BCUT2D eigenvalue weighted by molar-refractivity contribution is 0.658. The van der Waals surface area contributed by atoms with Crippen LogP contribution in [0.15, 0.2) is 42.7 Å². The van der Waals surface area contributed by atoms with Crippen LogP contribution < -0.4 is 4.90 Å². The van der Waals surface area contributed by atoms with E-state index < -0.39 is 0 Å². The second kappa shape index (κ2) is 5.58. The molecule has 0 spiro atoms. The molecule has 1 aromatic carbocycles. The minimum absolute atomic E-state index is 0.493. The van der Waals surface area contributed by atoms with Gasteiger partial charge in [0.1, 0.15) is 5.82 Å². The van der Waals surface area contributed by atoms with Crippen LogP contribution in [0.3, 0.4) is 0 Å². The highest BCUT2D eigenvalue weighted by molar-refractivity contribution is 5.65. The Morgan fingerprint density at radius 3 is 2.75 bits per heavy atom. The third-order valence-corrected chi connectivity index (χ3v) is 5.24. The van der Waals surface area contributed by atoms with Crippen LogP contribution in [0.1, 0.15) is 43.0 Å². The fraction of sp³-hybridized carbons (Fsp3) is 0.421. The Hall–Kier alpha value is -2.43. The minimum Gasteiger partial charge on any atom is -0.350 e. The van der Waals surface area contributed by atoms with Gasteiger partial charge in [0.05, 0.1) is 0 Å². The SMILES string of the molecule is c1ccc(CC2CCCN2c2nccn3c(C4CC4)nnc23)cc1. The third-order valence-electron chi connectivity index (χ3n) is 5.24. The monoisotopic (exact) mass is 319 g/mol. The largest absolute Gasteiger partial charge is 0.350 e. The summed E-state index contributed by atoms with van der Waals surface area (Å²) in [5.41, 5.74) is 2.31. The summed E-state index contributed by atoms with van der Waals surface area (Å²) in [5, 5.41) is 8.92. The second-order valence-corrected chi connectivity index (χ2v) is 6.96. The highest BCUT2D eigenvalue weighted by atomic mass is 15.3. The first-order chi connectivity index (χ1) is 11.9. The fourth-order valence-electron chi connectivity index (χ4n) is 3.87. The molecule has 2 aliphatic rings. The number of nitrogens with zero attached hydrogens (tertiary/aromatic N) is 5. The molecule has 1 unspecified atom stereocenters. The molecule has 5 rings (SSSR count). The van der Waals surface area contributed by atoms with E-state index in [1.54, 1.807) is 0 Å². The number of hydrogen-bond acceptors (Lipinski definition) is 4. The molecule has 1 aliphatic carbocycles. The zero-order chi connectivity index (χ0) is 15.9. The van der Waals surface area contributed by atoms with E-state index in [0.717, 1.165) is 30.3 Å². The first kappa shape index (κ1) is 14.0. The van der Waals surface area contributed by atoms with Crippen molar-refractivity contribution in [1.29, 1.82) is 0 Å². The highest BCUT2D eigenvalue weighted by Crippen LogP contribution is 2.39. The number of aromatic nitrogens is 4. The Balaban J connectivity index is 1.49. The van der Waals surface area contributed by atoms with Crippen molar-refractivity contribution in [2.24, 2.45) is 0 Å². The Morgan fingerprint density at radius 2 is 1.92 bits per heavy atom. The van der Waals surface area contributed by atoms with Gasteiger partial charge >= 0.3 is 0 Å². The molecule has 3 aromatic rings. The maximum Gasteiger partial charge on any atom is 0.203 e. The van der Waals surface area contributed by atoms with Crippen molar-refractivity contribution < 1.29 is 0 Å². The third kappa shape index (κ3) is 2.35. The highest BCUT2D eigenvalue weighted by Gasteiger charge is 2.32. The van der Waals surface area contributed by atoms with Crippen LogP contribution in [-0.4, -0.2) is 32.2 Å². The topological polar surface area (TPSA) is 46.3 Å². The Kier molecular flexibility index (Phi) is 3.25. The lowest BCUT2D eigenvalue weighted by Crippen LogP contribution is -2.32. The van der Waals surface area contributed by atoms with Gasteiger partial charge in [-0.25, -0.2) is 4.98 Å². The summed E-state index contributed by atoms with van der Waals surface area (Å²) in [4.78, 5) is 7.11. The summed E-state index contributed by atoms with van der Waals surface area (Å²) in [5.74, 6) is 2.69. The molecule has 122 valence electrons. The van der Waals surface area contributed by atoms with E-state index in [1.165, 1.54) is 31.2 Å². The molecular weight excluding hydrogens is 298 g/mol. The molecule has 0 amide bonds. The van der Waals surface area contributed by atoms with Crippen LogP contribution in [0.5, 0.6) is 0 Å². The summed E-state index contributed by atoms with van der Waals surface area (Å²) in [6.07, 6.45) is 9.86. The van der Waals surface area contributed by atoms with Gasteiger partial charge in [0.15, 0.2) is 5.82 Å². The van der Waals surface area contributed by atoms with Crippen LogP contribution in [0.2, 0.25) is 0 Å². The Morgan fingerprint density at radius 1 is 1.04 bits per heavy atom. The van der Waals surface area contributed by atoms with Crippen molar-refractivity contribution in [2.45, 2.75) is 44.1 Å². The number of benzene rings is 1. The Labute approximate surface area is 141 Å². The zero-order valence-corrected chi connectivity index (χ0v) is 13.7. The summed E-state index contributed by atoms with van der Waals surface area (Å²) in [7, 11) is 0. The molecule has 0 radical (unpaired) electrons. The van der Waals surface area contributed by atoms with Crippen LogP contribution in [0.25, 0.3) is 5.65 Å². The average Bonchev–Trinajstić information content (AvgIpc) is 3.20. The van der Waals surface area contributed by atoms with Gasteiger partial charge in [-0.2, -0.15) is 0 Å². The first-order valence-corrected chi connectivity index (χ1v) is 8.90. The molecular formula is C19H21N5. The fourth-order valence-corrected chi connectivity index (χ4v) is 3.87. The molecule has 0 bridgehead atoms. The van der Waals surface area contributed by atoms with Crippen molar-refractivity contribution >= 4 is 11.5 Å². The number of rotatable bonds is 4. The van der Waals surface area contributed by atoms with E-state index in [4.69, 9.17) is 0 Å². The van der Waals surface area contributed by atoms with Gasteiger partial charge in [-0.3, -0.25) is 4.40 Å². The van der Waals surface area contributed by atoms with Crippen molar-refractivity contribution in [2.75, 3.05) is 11.4 Å². The first-order valence-electron chi connectivity index (χ1n) is 8.90. The quantitative estimate of drug-likeness (QED) is 0.741. The number of anilines is 1. The summed E-state index contributed by atoms with van der Waals surface area (Å²) < 4.78 is 2.15. The molecule has 1 aliphatic heterocycles. The lowest BCUT2D eigenvalue weighted by Gasteiger charge is -2.26. The molecule has 3 heterocycles. The van der Waals surface area contributed by atoms with Gasteiger partial charge in [-0.05, 0) is 37.7 Å². The maximum atomic E-state index is 4.68. The van der Waals surface area contributed by atoms with E-state index in [9.17, 15) is 0 Å². The van der Waals surface area contributed by atoms with E-state index >= 15 is 0 Å². The van der Waals surface area contributed by atoms with E-state index in [-0.39, 0.29) is 0 Å². The van der Waals surface area contributed by atoms with Crippen molar-refractivity contribution in [3.05, 3.63) is 54.1 Å². The summed E-state index contributed by atoms with van der Waals surface area (Å²) in [6, 6.07) is 11.2. The molecule has 5 nitrogen and oxygen atoms in total. The molecule has 1 atom stereocenters. The van der Waals surface area contributed by atoms with Gasteiger partial charge < -0.3 is 4.90 Å². The average molecular weight is 319 g/mol. The zero-order valence-electron chi connectivity index (χ0n) is 13.7. The van der Waals surface area contributed by atoms with Crippen LogP contribution in [0.4, 0.5) is 5.82 Å². The van der Waals surface area contributed by atoms with E-state index in [1.807, 2.05) is 12.4 Å². The standard InChI is InChI=1S/C19H21N5/c1-2-5-14(6-3-1)13-16-7-4-11-23(16)18-19-22-21-17(15-8-9-15)24(19)12-10-20-18/h1-3,5-6,10,12,15-16H,4,7-9,11,13H2. The van der Waals surface area contributed by atoms with Crippen molar-refractivity contribution in [3.8, 4) is 0 Å².